The first-order valence-corrected chi connectivity index (χ1v) is 7.28. The molecule has 1 saturated heterocycles. The second kappa shape index (κ2) is 6.71. The van der Waals surface area contributed by atoms with Gasteiger partial charge in [0.05, 0.1) is 6.04 Å². The lowest BCUT2D eigenvalue weighted by Gasteiger charge is -2.33. The highest BCUT2D eigenvalue weighted by molar-refractivity contribution is 5.82. The molecule has 3 nitrogen and oxygen atoms in total. The minimum atomic E-state index is 0.0264. The zero-order valence-electron chi connectivity index (χ0n) is 12.0. The number of nitrogens with one attached hydrogen (secondary N) is 1. The summed E-state index contributed by atoms with van der Waals surface area (Å²) in [5, 5.41) is 3.36. The van der Waals surface area contributed by atoms with Crippen LogP contribution in [0.5, 0.6) is 0 Å². The van der Waals surface area contributed by atoms with E-state index in [-0.39, 0.29) is 11.9 Å². The van der Waals surface area contributed by atoms with Gasteiger partial charge in [0.25, 0.3) is 0 Å². The van der Waals surface area contributed by atoms with Crippen LogP contribution in [0.4, 0.5) is 0 Å². The van der Waals surface area contributed by atoms with Gasteiger partial charge in [-0.3, -0.25) is 4.79 Å². The second-order valence-electron chi connectivity index (χ2n) is 5.40. The maximum atomic E-state index is 12.4. The Morgan fingerprint density at radius 1 is 1.42 bits per heavy atom. The first-order chi connectivity index (χ1) is 9.20. The Bertz CT molecular complexity index is 431. The average molecular weight is 260 g/mol. The smallest absolute Gasteiger partial charge is 0.240 e. The van der Waals surface area contributed by atoms with Crippen molar-refractivity contribution < 1.29 is 4.79 Å². The lowest BCUT2D eigenvalue weighted by atomic mass is 10.0. The van der Waals surface area contributed by atoms with E-state index >= 15 is 0 Å². The van der Waals surface area contributed by atoms with Crippen molar-refractivity contribution >= 4 is 5.91 Å². The number of aryl methyl sites for hydroxylation is 1. The molecule has 1 aliphatic heterocycles. The molecule has 0 saturated carbocycles. The van der Waals surface area contributed by atoms with Crippen LogP contribution in [0.3, 0.4) is 0 Å². The van der Waals surface area contributed by atoms with Crippen molar-refractivity contribution in [2.45, 2.75) is 45.7 Å². The third kappa shape index (κ3) is 3.80. The number of likely N-dealkylation sites (tertiary alicyclic amines) is 1. The molecule has 1 heterocycles. The van der Waals surface area contributed by atoms with Crippen LogP contribution in [0.25, 0.3) is 0 Å². The molecule has 1 aromatic rings. The van der Waals surface area contributed by atoms with E-state index < -0.39 is 0 Å². The van der Waals surface area contributed by atoms with Gasteiger partial charge < -0.3 is 10.2 Å². The Morgan fingerprint density at radius 3 is 3.00 bits per heavy atom. The van der Waals surface area contributed by atoms with Gasteiger partial charge in [0.15, 0.2) is 0 Å². The van der Waals surface area contributed by atoms with E-state index in [0.29, 0.717) is 0 Å². The number of benzene rings is 1. The van der Waals surface area contributed by atoms with Crippen LogP contribution in [0.2, 0.25) is 0 Å². The summed E-state index contributed by atoms with van der Waals surface area (Å²) in [6.45, 7) is 6.77. The summed E-state index contributed by atoms with van der Waals surface area (Å²) in [6.07, 6.45) is 3.14. The zero-order valence-corrected chi connectivity index (χ0v) is 12.0. The van der Waals surface area contributed by atoms with Gasteiger partial charge in [-0.05, 0) is 38.3 Å². The molecule has 1 aliphatic rings. The fourth-order valence-electron chi connectivity index (χ4n) is 2.64. The molecule has 1 amide bonds. The predicted octanol–water partition coefficient (Wildman–Crippen LogP) is 2.49. The van der Waals surface area contributed by atoms with E-state index in [1.54, 1.807) is 0 Å². The van der Waals surface area contributed by atoms with Crippen LogP contribution >= 0.6 is 0 Å². The molecule has 104 valence electrons. The third-order valence-corrected chi connectivity index (χ3v) is 3.63. The van der Waals surface area contributed by atoms with Gasteiger partial charge in [-0.15, -0.1) is 0 Å². The number of hydrogen-bond acceptors (Lipinski definition) is 2. The molecule has 1 unspecified atom stereocenters. The Kier molecular flexibility index (Phi) is 4.97. The summed E-state index contributed by atoms with van der Waals surface area (Å²) in [6, 6.07) is 8.44. The first kappa shape index (κ1) is 14.1. The quantitative estimate of drug-likeness (QED) is 0.882. The minimum Gasteiger partial charge on any atom is -0.337 e. The molecule has 1 atom stereocenters. The van der Waals surface area contributed by atoms with E-state index in [1.807, 2.05) is 4.90 Å². The maximum Gasteiger partial charge on any atom is 0.240 e. The van der Waals surface area contributed by atoms with Crippen molar-refractivity contribution in [1.29, 1.82) is 0 Å². The zero-order chi connectivity index (χ0) is 13.7. The van der Waals surface area contributed by atoms with Gasteiger partial charge >= 0.3 is 0 Å². The molecule has 2 rings (SSSR count). The summed E-state index contributed by atoms with van der Waals surface area (Å²) in [7, 11) is 0. The van der Waals surface area contributed by atoms with E-state index in [0.717, 1.165) is 38.9 Å². The Morgan fingerprint density at radius 2 is 2.26 bits per heavy atom. The van der Waals surface area contributed by atoms with Gasteiger partial charge in [-0.2, -0.15) is 0 Å². The second-order valence-corrected chi connectivity index (χ2v) is 5.40. The molecular weight excluding hydrogens is 236 g/mol. The summed E-state index contributed by atoms with van der Waals surface area (Å²) in [5.74, 6) is 0.265. The van der Waals surface area contributed by atoms with Crippen molar-refractivity contribution in [2.24, 2.45) is 0 Å². The number of rotatable bonds is 5. The topological polar surface area (TPSA) is 32.3 Å². The number of carbonyl (C=O) groups is 1. The van der Waals surface area contributed by atoms with E-state index in [4.69, 9.17) is 0 Å². The van der Waals surface area contributed by atoms with Gasteiger partial charge in [0.1, 0.15) is 0 Å². The average Bonchev–Trinajstić information content (AvgIpc) is 2.40. The van der Waals surface area contributed by atoms with Crippen LogP contribution in [-0.4, -0.2) is 29.9 Å². The highest BCUT2D eigenvalue weighted by Crippen LogP contribution is 2.16. The monoisotopic (exact) mass is 260 g/mol. The third-order valence-electron chi connectivity index (χ3n) is 3.63. The van der Waals surface area contributed by atoms with Crippen molar-refractivity contribution in [3.05, 3.63) is 35.4 Å². The molecule has 1 fully saturated rings. The summed E-state index contributed by atoms with van der Waals surface area (Å²) < 4.78 is 0. The van der Waals surface area contributed by atoms with E-state index in [9.17, 15) is 4.79 Å². The number of nitrogens with zero attached hydrogens (tertiary/aromatic N) is 1. The molecule has 1 N–H and O–H groups in total. The fourth-order valence-corrected chi connectivity index (χ4v) is 2.64. The number of amides is 1. The normalized spacial score (nSPS) is 19.8. The van der Waals surface area contributed by atoms with E-state index in [1.165, 1.54) is 11.1 Å². The minimum absolute atomic E-state index is 0.0264. The van der Waals surface area contributed by atoms with Crippen molar-refractivity contribution in [1.82, 2.24) is 10.2 Å². The Hall–Kier alpha value is -1.35. The summed E-state index contributed by atoms with van der Waals surface area (Å²) in [4.78, 5) is 14.4. The lowest BCUT2D eigenvalue weighted by Crippen LogP contribution is -2.50. The summed E-state index contributed by atoms with van der Waals surface area (Å²) in [5.41, 5.74) is 2.48. The van der Waals surface area contributed by atoms with Gasteiger partial charge in [0, 0.05) is 13.1 Å². The molecule has 0 aromatic heterocycles. The number of carbonyl (C=O) groups excluding carboxylic acids is 1. The van der Waals surface area contributed by atoms with Crippen molar-refractivity contribution in [3.8, 4) is 0 Å². The number of hydrogen-bond donors (Lipinski definition) is 1. The van der Waals surface area contributed by atoms with Crippen LogP contribution in [-0.2, 0) is 11.3 Å². The molecular formula is C16H24N2O. The van der Waals surface area contributed by atoms with Crippen molar-refractivity contribution in [2.75, 3.05) is 13.1 Å². The largest absolute Gasteiger partial charge is 0.337 e. The standard InChI is InChI=1S/C16H24N2O/c1-3-9-17-15-8-5-10-18(16(15)19)12-14-7-4-6-13(2)11-14/h4,6-7,11,15,17H,3,5,8-10,12H2,1-2H3. The maximum absolute atomic E-state index is 12.4. The van der Waals surface area contributed by atoms with Crippen LogP contribution in [0, 0.1) is 6.92 Å². The lowest BCUT2D eigenvalue weighted by molar-refractivity contribution is -0.136. The molecule has 1 aromatic carbocycles. The highest BCUT2D eigenvalue weighted by atomic mass is 16.2. The van der Waals surface area contributed by atoms with Crippen LogP contribution < -0.4 is 5.32 Å². The van der Waals surface area contributed by atoms with Crippen molar-refractivity contribution in [3.63, 3.8) is 0 Å². The van der Waals surface area contributed by atoms with Gasteiger partial charge in [0.2, 0.25) is 5.91 Å². The van der Waals surface area contributed by atoms with E-state index in [2.05, 4.69) is 43.4 Å². The molecule has 3 heteroatoms. The molecule has 0 radical (unpaired) electrons. The van der Waals surface area contributed by atoms with Crippen LogP contribution in [0.15, 0.2) is 24.3 Å². The molecule has 0 aliphatic carbocycles. The van der Waals surface area contributed by atoms with Gasteiger partial charge in [-0.1, -0.05) is 36.8 Å². The predicted molar refractivity (Wildman–Crippen MR) is 77.9 cm³/mol. The number of piperidine rings is 1. The molecule has 19 heavy (non-hydrogen) atoms. The van der Waals surface area contributed by atoms with Crippen LogP contribution in [0.1, 0.15) is 37.3 Å². The fraction of sp³-hybridized carbons (Fsp3) is 0.562. The summed E-state index contributed by atoms with van der Waals surface area (Å²) >= 11 is 0. The Balaban J connectivity index is 1.97. The molecule has 0 spiro atoms. The Labute approximate surface area is 116 Å². The van der Waals surface area contributed by atoms with Gasteiger partial charge in [-0.25, -0.2) is 0 Å². The molecule has 0 bridgehead atoms. The SMILES string of the molecule is CCCNC1CCCN(Cc2cccc(C)c2)C1=O. The highest BCUT2D eigenvalue weighted by Gasteiger charge is 2.27. The first-order valence-electron chi connectivity index (χ1n) is 7.28.